The second-order valence-electron chi connectivity index (χ2n) is 4.61. The second-order valence-corrected chi connectivity index (χ2v) is 6.84. The summed E-state index contributed by atoms with van der Waals surface area (Å²) in [5, 5.41) is 13.4. The van der Waals surface area contributed by atoms with Crippen LogP contribution in [0.25, 0.3) is 0 Å². The molecule has 1 heterocycles. The molecule has 1 saturated heterocycles. The van der Waals surface area contributed by atoms with Crippen LogP contribution < -0.4 is 11.1 Å². The smallest absolute Gasteiger partial charge is 0.282 e. The summed E-state index contributed by atoms with van der Waals surface area (Å²) < 4.78 is 22.6. The fraction of sp³-hybridized carbons (Fsp3) is 0.364. The van der Waals surface area contributed by atoms with Crippen molar-refractivity contribution in [3.05, 3.63) is 33.9 Å². The van der Waals surface area contributed by atoms with Gasteiger partial charge in [-0.15, -0.1) is 0 Å². The number of benzene rings is 1. The van der Waals surface area contributed by atoms with Crippen molar-refractivity contribution < 1.29 is 18.1 Å². The molecule has 1 aliphatic rings. The normalized spacial score (nSPS) is 20.5. The molecule has 1 atom stereocenters. The maximum atomic E-state index is 12.0. The molecule has 8 nitrogen and oxygen atoms in total. The molecule has 0 aromatic heterocycles. The van der Waals surface area contributed by atoms with Crippen LogP contribution in [-0.4, -0.2) is 36.8 Å². The van der Waals surface area contributed by atoms with Gasteiger partial charge in [-0.25, -0.2) is 8.42 Å². The molecule has 1 fully saturated rings. The van der Waals surface area contributed by atoms with E-state index in [4.69, 9.17) is 5.73 Å². The number of amides is 1. The van der Waals surface area contributed by atoms with Crippen LogP contribution in [0.3, 0.4) is 0 Å². The molecule has 1 amide bonds. The average Bonchev–Trinajstić information content (AvgIpc) is 2.68. The van der Waals surface area contributed by atoms with E-state index in [2.05, 4.69) is 5.32 Å². The molecular formula is C11H13N3O5S. The molecule has 0 radical (unpaired) electrons. The van der Waals surface area contributed by atoms with Gasteiger partial charge in [0.15, 0.2) is 9.84 Å². The number of nitro groups is 1. The molecule has 9 heteroatoms. The van der Waals surface area contributed by atoms with Crippen LogP contribution in [-0.2, 0) is 9.84 Å². The minimum Gasteiger partial charge on any atom is -0.399 e. The topological polar surface area (TPSA) is 132 Å². The van der Waals surface area contributed by atoms with E-state index in [1.807, 2.05) is 0 Å². The van der Waals surface area contributed by atoms with Gasteiger partial charge in [-0.3, -0.25) is 14.9 Å². The highest BCUT2D eigenvalue weighted by Crippen LogP contribution is 2.22. The molecule has 1 unspecified atom stereocenters. The molecular weight excluding hydrogens is 286 g/mol. The van der Waals surface area contributed by atoms with Crippen molar-refractivity contribution in [2.45, 2.75) is 12.5 Å². The number of carbonyl (C=O) groups is 1. The van der Waals surface area contributed by atoms with Crippen molar-refractivity contribution in [1.82, 2.24) is 5.32 Å². The number of nitrogens with one attached hydrogen (secondary N) is 1. The zero-order valence-electron chi connectivity index (χ0n) is 10.4. The van der Waals surface area contributed by atoms with E-state index in [0.717, 1.165) is 6.07 Å². The van der Waals surface area contributed by atoms with Crippen LogP contribution in [0, 0.1) is 10.1 Å². The van der Waals surface area contributed by atoms with Crippen LogP contribution in [0.4, 0.5) is 11.4 Å². The maximum absolute atomic E-state index is 12.0. The largest absolute Gasteiger partial charge is 0.399 e. The molecule has 1 aromatic rings. The molecule has 108 valence electrons. The molecule has 3 N–H and O–H groups in total. The van der Waals surface area contributed by atoms with Gasteiger partial charge in [-0.05, 0) is 18.6 Å². The lowest BCUT2D eigenvalue weighted by molar-refractivity contribution is -0.385. The lowest BCUT2D eigenvalue weighted by Crippen LogP contribution is -2.35. The Labute approximate surface area is 115 Å². The molecule has 0 aliphatic carbocycles. The predicted molar refractivity (Wildman–Crippen MR) is 72.0 cm³/mol. The van der Waals surface area contributed by atoms with E-state index in [0.29, 0.717) is 6.42 Å². The summed E-state index contributed by atoms with van der Waals surface area (Å²) in [5.41, 5.74) is 5.21. The minimum absolute atomic E-state index is 0.0109. The predicted octanol–water partition coefficient (Wildman–Crippen LogP) is 0.0939. The van der Waals surface area contributed by atoms with Crippen molar-refractivity contribution in [3.8, 4) is 0 Å². The number of hydrogen-bond donors (Lipinski definition) is 2. The molecule has 2 rings (SSSR count). The summed E-state index contributed by atoms with van der Waals surface area (Å²) >= 11 is 0. The van der Waals surface area contributed by atoms with E-state index in [-0.39, 0.29) is 28.4 Å². The van der Waals surface area contributed by atoms with Crippen LogP contribution in [0.1, 0.15) is 16.8 Å². The van der Waals surface area contributed by atoms with Crippen molar-refractivity contribution in [3.63, 3.8) is 0 Å². The Kier molecular flexibility index (Phi) is 3.62. The number of nitro benzene ring substituents is 1. The summed E-state index contributed by atoms with van der Waals surface area (Å²) in [5.74, 6) is -0.822. The van der Waals surface area contributed by atoms with Crippen LogP contribution in [0.15, 0.2) is 18.2 Å². The maximum Gasteiger partial charge on any atom is 0.282 e. The molecule has 0 saturated carbocycles. The van der Waals surface area contributed by atoms with Gasteiger partial charge in [0.2, 0.25) is 0 Å². The first-order valence-corrected chi connectivity index (χ1v) is 7.66. The Bertz CT molecular complexity index is 671. The van der Waals surface area contributed by atoms with E-state index in [1.165, 1.54) is 12.1 Å². The number of anilines is 1. The third-order valence-electron chi connectivity index (χ3n) is 3.03. The summed E-state index contributed by atoms with van der Waals surface area (Å²) in [6, 6.07) is 3.16. The summed E-state index contributed by atoms with van der Waals surface area (Å²) in [7, 11) is -3.13. The van der Waals surface area contributed by atoms with Gasteiger partial charge < -0.3 is 11.1 Å². The fourth-order valence-corrected chi connectivity index (χ4v) is 3.74. The third kappa shape index (κ3) is 3.05. The zero-order chi connectivity index (χ0) is 14.9. The first-order chi connectivity index (χ1) is 9.28. The van der Waals surface area contributed by atoms with Gasteiger partial charge in [0.25, 0.3) is 11.6 Å². The molecule has 20 heavy (non-hydrogen) atoms. The Morgan fingerprint density at radius 3 is 2.70 bits per heavy atom. The van der Waals surface area contributed by atoms with E-state index in [9.17, 15) is 23.3 Å². The molecule has 1 aliphatic heterocycles. The number of nitrogen functional groups attached to an aromatic ring is 1. The highest BCUT2D eigenvalue weighted by Gasteiger charge is 2.30. The molecule has 1 aromatic carbocycles. The molecule has 0 spiro atoms. The highest BCUT2D eigenvalue weighted by molar-refractivity contribution is 7.91. The van der Waals surface area contributed by atoms with Crippen molar-refractivity contribution in [2.75, 3.05) is 17.2 Å². The van der Waals surface area contributed by atoms with E-state index >= 15 is 0 Å². The van der Waals surface area contributed by atoms with Gasteiger partial charge in [0.1, 0.15) is 5.56 Å². The van der Waals surface area contributed by atoms with Gasteiger partial charge in [0, 0.05) is 17.8 Å². The number of rotatable bonds is 3. The number of sulfone groups is 1. The van der Waals surface area contributed by atoms with Crippen LogP contribution >= 0.6 is 0 Å². The third-order valence-corrected chi connectivity index (χ3v) is 4.80. The first kappa shape index (κ1) is 14.3. The Hall–Kier alpha value is -2.16. The van der Waals surface area contributed by atoms with Gasteiger partial charge in [0.05, 0.1) is 16.4 Å². The van der Waals surface area contributed by atoms with E-state index < -0.39 is 26.7 Å². The lowest BCUT2D eigenvalue weighted by Gasteiger charge is -2.11. The van der Waals surface area contributed by atoms with Crippen molar-refractivity contribution in [2.24, 2.45) is 0 Å². The van der Waals surface area contributed by atoms with Crippen LogP contribution in [0.5, 0.6) is 0 Å². The van der Waals surface area contributed by atoms with Gasteiger partial charge in [-0.2, -0.15) is 0 Å². The van der Waals surface area contributed by atoms with Gasteiger partial charge in [-0.1, -0.05) is 0 Å². The summed E-state index contributed by atoms with van der Waals surface area (Å²) in [6.45, 7) is 0. The second kappa shape index (κ2) is 5.08. The monoisotopic (exact) mass is 299 g/mol. The Morgan fingerprint density at radius 1 is 1.45 bits per heavy atom. The summed E-state index contributed by atoms with van der Waals surface area (Å²) in [4.78, 5) is 22.2. The van der Waals surface area contributed by atoms with Crippen LogP contribution in [0.2, 0.25) is 0 Å². The summed E-state index contributed by atoms with van der Waals surface area (Å²) in [6.07, 6.45) is 0.310. The SMILES string of the molecule is Nc1ccc([N+](=O)[O-])c(C(=O)NC2CCS(=O)(=O)C2)c1. The first-order valence-electron chi connectivity index (χ1n) is 5.84. The van der Waals surface area contributed by atoms with Crippen molar-refractivity contribution >= 4 is 27.1 Å². The van der Waals surface area contributed by atoms with E-state index in [1.54, 1.807) is 0 Å². The number of carbonyl (C=O) groups excluding carboxylic acids is 1. The highest BCUT2D eigenvalue weighted by atomic mass is 32.2. The average molecular weight is 299 g/mol. The standard InChI is InChI=1S/C11H13N3O5S/c12-7-1-2-10(14(16)17)9(5-7)11(15)13-8-3-4-20(18,19)6-8/h1-2,5,8H,3-4,6,12H2,(H,13,15). The quantitative estimate of drug-likeness (QED) is 0.462. The van der Waals surface area contributed by atoms with Crippen molar-refractivity contribution in [1.29, 1.82) is 0 Å². The minimum atomic E-state index is -3.13. The zero-order valence-corrected chi connectivity index (χ0v) is 11.2. The Balaban J connectivity index is 2.21. The number of nitrogens with two attached hydrogens (primary N) is 1. The lowest BCUT2D eigenvalue weighted by atomic mass is 10.1. The van der Waals surface area contributed by atoms with Gasteiger partial charge >= 0.3 is 0 Å². The Morgan fingerprint density at radius 2 is 2.15 bits per heavy atom. The number of nitrogens with zero attached hydrogens (tertiary/aromatic N) is 1. The molecule has 0 bridgehead atoms. The fourth-order valence-electron chi connectivity index (χ4n) is 2.07. The number of hydrogen-bond acceptors (Lipinski definition) is 6.